The van der Waals surface area contributed by atoms with Crippen molar-refractivity contribution in [2.45, 2.75) is 45.6 Å². The molecule has 0 fully saturated rings. The standard InChI is InChI=1S/C25H30N2O2/c1-4-29-19-11-8-17(9-12-19)25-21-7-5-6-20(21)22-15-18(10-13-23(22)27-25)26-24(28)14-16(2)3/h5-6,8-13,15-16,20-21,25,27H,4,7,14H2,1-3H3,(H,26,28). The summed E-state index contributed by atoms with van der Waals surface area (Å²) in [5.74, 6) is 2.18. The third kappa shape index (κ3) is 4.16. The predicted molar refractivity (Wildman–Crippen MR) is 118 cm³/mol. The van der Waals surface area contributed by atoms with Crippen LogP contribution in [0.15, 0.2) is 54.6 Å². The molecule has 1 amide bonds. The van der Waals surface area contributed by atoms with Crippen molar-refractivity contribution >= 4 is 17.3 Å². The van der Waals surface area contributed by atoms with Crippen LogP contribution in [0.1, 0.15) is 56.7 Å². The van der Waals surface area contributed by atoms with E-state index in [2.05, 4.69) is 73.0 Å². The first-order valence-corrected chi connectivity index (χ1v) is 10.6. The molecule has 0 spiro atoms. The fraction of sp³-hybridized carbons (Fsp3) is 0.400. The molecule has 2 aromatic carbocycles. The lowest BCUT2D eigenvalue weighted by molar-refractivity contribution is -0.116. The molecular formula is C25H30N2O2. The van der Waals surface area contributed by atoms with E-state index in [4.69, 9.17) is 4.74 Å². The Hall–Kier alpha value is -2.75. The van der Waals surface area contributed by atoms with Gasteiger partial charge in [0.1, 0.15) is 5.75 Å². The Balaban J connectivity index is 1.58. The highest BCUT2D eigenvalue weighted by molar-refractivity contribution is 5.91. The predicted octanol–water partition coefficient (Wildman–Crippen LogP) is 5.90. The Bertz CT molecular complexity index is 902. The van der Waals surface area contributed by atoms with E-state index in [0.717, 1.165) is 23.5 Å². The van der Waals surface area contributed by atoms with Crippen LogP contribution in [0.2, 0.25) is 0 Å². The van der Waals surface area contributed by atoms with Crippen molar-refractivity contribution in [3.8, 4) is 5.75 Å². The number of nitrogens with one attached hydrogen (secondary N) is 2. The maximum Gasteiger partial charge on any atom is 0.224 e. The van der Waals surface area contributed by atoms with Gasteiger partial charge in [-0.3, -0.25) is 4.79 Å². The van der Waals surface area contributed by atoms with Crippen molar-refractivity contribution in [3.63, 3.8) is 0 Å². The number of benzene rings is 2. The van der Waals surface area contributed by atoms with Gasteiger partial charge in [-0.2, -0.15) is 0 Å². The molecule has 4 nitrogen and oxygen atoms in total. The summed E-state index contributed by atoms with van der Waals surface area (Å²) in [5.41, 5.74) is 4.59. The molecule has 3 unspecified atom stereocenters. The molecule has 152 valence electrons. The minimum absolute atomic E-state index is 0.0782. The van der Waals surface area contributed by atoms with Gasteiger partial charge in [-0.1, -0.05) is 38.1 Å². The Morgan fingerprint density at radius 3 is 2.72 bits per heavy atom. The molecule has 0 saturated heterocycles. The van der Waals surface area contributed by atoms with E-state index >= 15 is 0 Å². The molecular weight excluding hydrogens is 360 g/mol. The smallest absolute Gasteiger partial charge is 0.224 e. The molecule has 1 heterocycles. The maximum atomic E-state index is 12.2. The minimum atomic E-state index is 0.0782. The highest BCUT2D eigenvalue weighted by Crippen LogP contribution is 2.50. The van der Waals surface area contributed by atoms with Crippen LogP contribution in [0, 0.1) is 11.8 Å². The molecule has 1 aliphatic heterocycles. The second kappa shape index (κ2) is 8.32. The average Bonchev–Trinajstić information content (AvgIpc) is 3.18. The van der Waals surface area contributed by atoms with Crippen LogP contribution in [0.5, 0.6) is 5.75 Å². The van der Waals surface area contributed by atoms with E-state index in [1.54, 1.807) is 0 Å². The summed E-state index contributed by atoms with van der Waals surface area (Å²) in [7, 11) is 0. The van der Waals surface area contributed by atoms with Crippen molar-refractivity contribution in [2.24, 2.45) is 11.8 Å². The molecule has 1 aliphatic carbocycles. The summed E-state index contributed by atoms with van der Waals surface area (Å²) in [5, 5.41) is 6.82. The van der Waals surface area contributed by atoms with Crippen molar-refractivity contribution in [2.75, 3.05) is 17.2 Å². The number of carbonyl (C=O) groups excluding carboxylic acids is 1. The molecule has 29 heavy (non-hydrogen) atoms. The van der Waals surface area contributed by atoms with E-state index in [1.165, 1.54) is 11.1 Å². The fourth-order valence-corrected chi connectivity index (χ4v) is 4.52. The summed E-state index contributed by atoms with van der Waals surface area (Å²) < 4.78 is 5.59. The van der Waals surface area contributed by atoms with Gasteiger partial charge in [0.15, 0.2) is 0 Å². The van der Waals surface area contributed by atoms with Gasteiger partial charge < -0.3 is 15.4 Å². The van der Waals surface area contributed by atoms with Crippen LogP contribution < -0.4 is 15.4 Å². The van der Waals surface area contributed by atoms with Gasteiger partial charge >= 0.3 is 0 Å². The molecule has 2 N–H and O–H groups in total. The molecule has 3 atom stereocenters. The minimum Gasteiger partial charge on any atom is -0.494 e. The van der Waals surface area contributed by atoms with Crippen LogP contribution in [-0.2, 0) is 4.79 Å². The summed E-state index contributed by atoms with van der Waals surface area (Å²) in [6, 6.07) is 15.0. The first kappa shape index (κ1) is 19.6. The Labute approximate surface area is 173 Å². The first-order valence-electron chi connectivity index (χ1n) is 10.6. The Morgan fingerprint density at radius 1 is 1.21 bits per heavy atom. The number of fused-ring (bicyclic) bond motifs is 3. The number of carbonyl (C=O) groups is 1. The molecule has 0 aromatic heterocycles. The van der Waals surface area contributed by atoms with E-state index in [0.29, 0.717) is 30.8 Å². The third-order valence-corrected chi connectivity index (χ3v) is 5.79. The zero-order valence-electron chi connectivity index (χ0n) is 17.4. The highest BCUT2D eigenvalue weighted by atomic mass is 16.5. The van der Waals surface area contributed by atoms with Crippen molar-refractivity contribution in [1.82, 2.24) is 0 Å². The van der Waals surface area contributed by atoms with E-state index in [1.807, 2.05) is 13.0 Å². The Kier molecular flexibility index (Phi) is 5.61. The molecule has 0 bridgehead atoms. The van der Waals surface area contributed by atoms with Gasteiger partial charge in [0.2, 0.25) is 5.91 Å². The third-order valence-electron chi connectivity index (χ3n) is 5.79. The summed E-state index contributed by atoms with van der Waals surface area (Å²) in [4.78, 5) is 12.2. The summed E-state index contributed by atoms with van der Waals surface area (Å²) in [6.07, 6.45) is 6.21. The SMILES string of the molecule is CCOc1ccc(C2Nc3ccc(NC(=O)CC(C)C)cc3C3C=CCC32)cc1. The largest absolute Gasteiger partial charge is 0.494 e. The molecule has 0 radical (unpaired) electrons. The van der Waals surface area contributed by atoms with E-state index in [-0.39, 0.29) is 11.9 Å². The average molecular weight is 391 g/mol. The van der Waals surface area contributed by atoms with Gasteiger partial charge in [-0.05, 0) is 66.6 Å². The van der Waals surface area contributed by atoms with Crippen molar-refractivity contribution in [1.29, 1.82) is 0 Å². The molecule has 2 aromatic rings. The number of ether oxygens (including phenoxy) is 1. The van der Waals surface area contributed by atoms with Crippen molar-refractivity contribution in [3.05, 3.63) is 65.7 Å². The fourth-order valence-electron chi connectivity index (χ4n) is 4.52. The quantitative estimate of drug-likeness (QED) is 0.604. The van der Waals surface area contributed by atoms with Gasteiger partial charge in [0.05, 0.1) is 12.6 Å². The lowest BCUT2D eigenvalue weighted by Crippen LogP contribution is -2.29. The summed E-state index contributed by atoms with van der Waals surface area (Å²) >= 11 is 0. The number of allylic oxidation sites excluding steroid dienone is 2. The summed E-state index contributed by atoms with van der Waals surface area (Å²) in [6.45, 7) is 6.80. The lowest BCUT2D eigenvalue weighted by atomic mass is 9.77. The van der Waals surface area contributed by atoms with Crippen molar-refractivity contribution < 1.29 is 9.53 Å². The normalized spacial score (nSPS) is 22.0. The zero-order valence-corrected chi connectivity index (χ0v) is 17.4. The molecule has 2 aliphatic rings. The monoisotopic (exact) mass is 390 g/mol. The number of rotatable bonds is 6. The zero-order chi connectivity index (χ0) is 20.4. The van der Waals surface area contributed by atoms with E-state index in [9.17, 15) is 4.79 Å². The van der Waals surface area contributed by atoms with Gasteiger partial charge in [-0.15, -0.1) is 0 Å². The number of amides is 1. The molecule has 0 saturated carbocycles. The molecule has 4 rings (SSSR count). The van der Waals surface area contributed by atoms with Crippen LogP contribution in [0.25, 0.3) is 0 Å². The second-order valence-corrected chi connectivity index (χ2v) is 8.43. The Morgan fingerprint density at radius 2 is 2.00 bits per heavy atom. The first-order chi connectivity index (χ1) is 14.0. The maximum absolute atomic E-state index is 12.2. The van der Waals surface area contributed by atoms with Crippen LogP contribution >= 0.6 is 0 Å². The highest BCUT2D eigenvalue weighted by Gasteiger charge is 2.38. The van der Waals surface area contributed by atoms with Gasteiger partial charge in [-0.25, -0.2) is 0 Å². The number of hydrogen-bond acceptors (Lipinski definition) is 3. The topological polar surface area (TPSA) is 50.4 Å². The van der Waals surface area contributed by atoms with E-state index < -0.39 is 0 Å². The van der Waals surface area contributed by atoms with Gasteiger partial charge in [0.25, 0.3) is 0 Å². The van der Waals surface area contributed by atoms with Crippen LogP contribution in [0.3, 0.4) is 0 Å². The van der Waals surface area contributed by atoms with Crippen LogP contribution in [-0.4, -0.2) is 12.5 Å². The second-order valence-electron chi connectivity index (χ2n) is 8.43. The number of anilines is 2. The lowest BCUT2D eigenvalue weighted by Gasteiger charge is -2.37. The van der Waals surface area contributed by atoms with Crippen LogP contribution in [0.4, 0.5) is 11.4 Å². The molecule has 4 heteroatoms. The van der Waals surface area contributed by atoms with Gasteiger partial charge in [0, 0.05) is 23.7 Å². The number of hydrogen-bond donors (Lipinski definition) is 2.